The summed E-state index contributed by atoms with van der Waals surface area (Å²) in [5.41, 5.74) is 8.92. The van der Waals surface area contributed by atoms with Gasteiger partial charge in [-0.25, -0.2) is 5.43 Å². The van der Waals surface area contributed by atoms with Crippen molar-refractivity contribution in [3.05, 3.63) is 128 Å². The molecule has 0 saturated carbocycles. The molecule has 43 heavy (non-hydrogen) atoms. The Kier molecular flexibility index (Phi) is 9.51. The molecule has 2 aromatic heterocycles. The molecular weight excluding hydrogens is 657 g/mol. The van der Waals surface area contributed by atoms with Crippen molar-refractivity contribution in [2.75, 3.05) is 7.11 Å². The number of amides is 1. The van der Waals surface area contributed by atoms with Gasteiger partial charge in [0.25, 0.3) is 0 Å². The van der Waals surface area contributed by atoms with Crippen LogP contribution in [0.2, 0.25) is 0 Å². The summed E-state index contributed by atoms with van der Waals surface area (Å²) in [4.78, 5) is 12.6. The van der Waals surface area contributed by atoms with Gasteiger partial charge in [0, 0.05) is 17.1 Å². The summed E-state index contributed by atoms with van der Waals surface area (Å²) in [5.74, 6) is 2.12. The number of carbonyl (C=O) groups excluding carboxylic acids is 1. The number of ether oxygens (including phenoxy) is 3. The average Bonchev–Trinajstić information content (AvgIpc) is 3.62. The van der Waals surface area contributed by atoms with Crippen LogP contribution in [0.3, 0.4) is 0 Å². The first kappa shape index (κ1) is 30.0. The van der Waals surface area contributed by atoms with E-state index in [2.05, 4.69) is 82.7 Å². The van der Waals surface area contributed by atoms with Crippen molar-refractivity contribution in [1.82, 2.24) is 9.99 Å². The third kappa shape index (κ3) is 7.47. The Morgan fingerprint density at radius 3 is 2.33 bits per heavy atom. The van der Waals surface area contributed by atoms with E-state index >= 15 is 0 Å². The zero-order chi connectivity index (χ0) is 30.3. The van der Waals surface area contributed by atoms with Crippen LogP contribution in [0.15, 0.2) is 94.4 Å². The number of carbonyl (C=O) groups is 1. The third-order valence-corrected chi connectivity index (χ3v) is 7.57. The van der Waals surface area contributed by atoms with Crippen LogP contribution >= 0.6 is 22.6 Å². The second-order valence-electron chi connectivity index (χ2n) is 10.0. The Morgan fingerprint density at radius 2 is 1.63 bits per heavy atom. The lowest BCUT2D eigenvalue weighted by atomic mass is 10.2. The van der Waals surface area contributed by atoms with Crippen molar-refractivity contribution < 1.29 is 23.4 Å². The number of hydrogen-bond donors (Lipinski definition) is 1. The van der Waals surface area contributed by atoms with Crippen molar-refractivity contribution in [3.63, 3.8) is 0 Å². The maximum Gasteiger partial charge on any atom is 0.307 e. The summed E-state index contributed by atoms with van der Waals surface area (Å²) in [6, 6.07) is 27.2. The monoisotopic (exact) mass is 689 g/mol. The average molecular weight is 690 g/mol. The maximum atomic E-state index is 12.6. The molecule has 5 aromatic rings. The van der Waals surface area contributed by atoms with E-state index < -0.39 is 5.91 Å². The molecule has 2 heterocycles. The van der Waals surface area contributed by atoms with Gasteiger partial charge in [-0.05, 0) is 115 Å². The standard InChI is InChI=1S/C34H32IN3O5/c1-22-5-9-25(10-6-22)20-42-33-30(35)17-26(18-32(33)40-4)19-36-37-34(39)31-16-15-29(43-31)21-41-28-13-11-27(12-14-28)38-23(2)7-8-24(38)3/h5-19H,20-21H2,1-4H3,(H,37,39)/b36-19+. The first-order valence-electron chi connectivity index (χ1n) is 13.7. The number of aryl methyl sites for hydroxylation is 3. The smallest absolute Gasteiger partial charge is 0.307 e. The Morgan fingerprint density at radius 1 is 0.907 bits per heavy atom. The Balaban J connectivity index is 1.14. The molecule has 5 rings (SSSR count). The fourth-order valence-electron chi connectivity index (χ4n) is 4.51. The van der Waals surface area contributed by atoms with Gasteiger partial charge in [0.15, 0.2) is 17.3 Å². The highest BCUT2D eigenvalue weighted by molar-refractivity contribution is 14.1. The molecule has 0 radical (unpaired) electrons. The number of aromatic nitrogens is 1. The molecule has 0 unspecified atom stereocenters. The predicted octanol–water partition coefficient (Wildman–Crippen LogP) is 7.53. The number of halogens is 1. The van der Waals surface area contributed by atoms with Gasteiger partial charge >= 0.3 is 5.91 Å². The van der Waals surface area contributed by atoms with E-state index in [9.17, 15) is 4.79 Å². The number of nitrogens with zero attached hydrogens (tertiary/aromatic N) is 2. The van der Waals surface area contributed by atoms with Crippen LogP contribution in [0.4, 0.5) is 0 Å². The Hall–Kier alpha value is -4.51. The largest absolute Gasteiger partial charge is 0.493 e. The van der Waals surface area contributed by atoms with E-state index in [0.29, 0.717) is 29.6 Å². The van der Waals surface area contributed by atoms with Gasteiger partial charge < -0.3 is 23.2 Å². The number of rotatable bonds is 11. The molecule has 0 aliphatic carbocycles. The van der Waals surface area contributed by atoms with Crippen molar-refractivity contribution in [1.29, 1.82) is 0 Å². The maximum absolute atomic E-state index is 12.6. The number of methoxy groups -OCH3 is 1. The van der Waals surface area contributed by atoms with Gasteiger partial charge in [0.1, 0.15) is 24.7 Å². The van der Waals surface area contributed by atoms with E-state index in [-0.39, 0.29) is 12.4 Å². The highest BCUT2D eigenvalue weighted by Gasteiger charge is 2.13. The number of hydrogen-bond acceptors (Lipinski definition) is 6. The van der Waals surface area contributed by atoms with E-state index in [1.54, 1.807) is 31.5 Å². The van der Waals surface area contributed by atoms with Gasteiger partial charge in [-0.3, -0.25) is 4.79 Å². The molecule has 220 valence electrons. The summed E-state index contributed by atoms with van der Waals surface area (Å²) < 4.78 is 26.2. The SMILES string of the molecule is COc1cc(/C=N/NC(=O)c2ccc(COc3ccc(-n4c(C)ccc4C)cc3)o2)cc(I)c1OCc1ccc(C)cc1. The number of furan rings is 1. The molecule has 0 saturated heterocycles. The van der Waals surface area contributed by atoms with Crippen LogP contribution in [0.1, 0.15) is 44.4 Å². The fraction of sp³-hybridized carbons (Fsp3) is 0.176. The number of benzene rings is 3. The summed E-state index contributed by atoms with van der Waals surface area (Å²) in [5, 5.41) is 4.09. The number of nitrogens with one attached hydrogen (secondary N) is 1. The lowest BCUT2D eigenvalue weighted by Gasteiger charge is -2.13. The molecule has 1 N–H and O–H groups in total. The fourth-order valence-corrected chi connectivity index (χ4v) is 5.29. The third-order valence-electron chi connectivity index (χ3n) is 6.77. The topological polar surface area (TPSA) is 87.2 Å². The van der Waals surface area contributed by atoms with E-state index in [0.717, 1.165) is 20.4 Å². The van der Waals surface area contributed by atoms with E-state index in [1.165, 1.54) is 17.0 Å². The van der Waals surface area contributed by atoms with Crippen LogP contribution in [-0.4, -0.2) is 23.8 Å². The second-order valence-corrected chi connectivity index (χ2v) is 11.2. The summed E-state index contributed by atoms with van der Waals surface area (Å²) in [6.07, 6.45) is 1.54. The summed E-state index contributed by atoms with van der Waals surface area (Å²) >= 11 is 2.20. The van der Waals surface area contributed by atoms with Gasteiger partial charge in [-0.15, -0.1) is 0 Å². The molecular formula is C34H32IN3O5. The zero-order valence-corrected chi connectivity index (χ0v) is 26.5. The molecule has 0 aliphatic rings. The minimum absolute atomic E-state index is 0.136. The van der Waals surface area contributed by atoms with Crippen LogP contribution in [0.5, 0.6) is 17.2 Å². The lowest BCUT2D eigenvalue weighted by molar-refractivity contribution is 0.0923. The van der Waals surface area contributed by atoms with Crippen LogP contribution in [-0.2, 0) is 13.2 Å². The molecule has 0 spiro atoms. The highest BCUT2D eigenvalue weighted by Crippen LogP contribution is 2.34. The predicted molar refractivity (Wildman–Crippen MR) is 175 cm³/mol. The molecule has 0 fully saturated rings. The lowest BCUT2D eigenvalue weighted by Crippen LogP contribution is -2.16. The Bertz CT molecular complexity index is 1720. The summed E-state index contributed by atoms with van der Waals surface area (Å²) in [6.45, 7) is 6.81. The summed E-state index contributed by atoms with van der Waals surface area (Å²) in [7, 11) is 1.59. The van der Waals surface area contributed by atoms with Crippen molar-refractivity contribution >= 4 is 34.7 Å². The van der Waals surface area contributed by atoms with Crippen LogP contribution in [0, 0.1) is 24.3 Å². The number of hydrazone groups is 1. The first-order chi connectivity index (χ1) is 20.8. The molecule has 0 bridgehead atoms. The molecule has 0 atom stereocenters. The van der Waals surface area contributed by atoms with E-state index in [4.69, 9.17) is 18.6 Å². The highest BCUT2D eigenvalue weighted by atomic mass is 127. The van der Waals surface area contributed by atoms with Crippen molar-refractivity contribution in [2.45, 2.75) is 34.0 Å². The molecule has 9 heteroatoms. The second kappa shape index (κ2) is 13.6. The first-order valence-corrected chi connectivity index (χ1v) is 14.7. The Labute approximate surface area is 264 Å². The minimum Gasteiger partial charge on any atom is -0.493 e. The van der Waals surface area contributed by atoms with Gasteiger partial charge in [0.2, 0.25) is 0 Å². The van der Waals surface area contributed by atoms with Gasteiger partial charge in [0.05, 0.1) is 16.9 Å². The molecule has 3 aromatic carbocycles. The molecule has 1 amide bonds. The van der Waals surface area contributed by atoms with Crippen molar-refractivity contribution in [3.8, 4) is 22.9 Å². The molecule has 8 nitrogen and oxygen atoms in total. The molecule has 0 aliphatic heterocycles. The van der Waals surface area contributed by atoms with Gasteiger partial charge in [-0.2, -0.15) is 5.10 Å². The van der Waals surface area contributed by atoms with E-state index in [1.807, 2.05) is 42.5 Å². The normalized spacial score (nSPS) is 11.1. The quantitative estimate of drug-likeness (QED) is 0.0881. The van der Waals surface area contributed by atoms with Crippen molar-refractivity contribution in [2.24, 2.45) is 5.10 Å². The van der Waals surface area contributed by atoms with Crippen LogP contribution < -0.4 is 19.6 Å². The van der Waals surface area contributed by atoms with Gasteiger partial charge in [-0.1, -0.05) is 29.8 Å². The van der Waals surface area contributed by atoms with Crippen LogP contribution in [0.25, 0.3) is 5.69 Å². The minimum atomic E-state index is -0.468. The zero-order valence-electron chi connectivity index (χ0n) is 24.4.